The number of thioether (sulfide) groups is 1. The van der Waals surface area contributed by atoms with Crippen molar-refractivity contribution in [1.82, 2.24) is 0 Å². The van der Waals surface area contributed by atoms with Crippen LogP contribution in [0.1, 0.15) is 45.1 Å². The standard InChI is InChI=1S/C17H24O2S/c1-3-4-5-7-10-14(2)16(17(18)19)20-13-15-11-8-6-9-12-15/h6,8-12,16H,3-5,7,13H2,1-2H3,(H,18,19)/b14-10+. The summed E-state index contributed by atoms with van der Waals surface area (Å²) in [4.78, 5) is 11.4. The molecule has 0 aromatic heterocycles. The Morgan fingerprint density at radius 3 is 2.60 bits per heavy atom. The van der Waals surface area contributed by atoms with Crippen molar-refractivity contribution in [3.8, 4) is 0 Å². The van der Waals surface area contributed by atoms with Crippen molar-refractivity contribution in [3.63, 3.8) is 0 Å². The van der Waals surface area contributed by atoms with Crippen molar-refractivity contribution in [1.29, 1.82) is 0 Å². The predicted octanol–water partition coefficient (Wildman–Crippen LogP) is 4.90. The number of aliphatic carboxylic acids is 1. The molecule has 0 aliphatic carbocycles. The van der Waals surface area contributed by atoms with Crippen LogP contribution in [-0.4, -0.2) is 16.3 Å². The normalized spacial score (nSPS) is 13.2. The van der Waals surface area contributed by atoms with Gasteiger partial charge in [0.05, 0.1) is 0 Å². The number of carboxylic acid groups (broad SMARTS) is 1. The summed E-state index contributed by atoms with van der Waals surface area (Å²) in [6, 6.07) is 10.0. The van der Waals surface area contributed by atoms with Gasteiger partial charge in [0.1, 0.15) is 5.25 Å². The molecule has 1 N–H and O–H groups in total. The first-order valence-electron chi connectivity index (χ1n) is 7.20. The zero-order valence-electron chi connectivity index (χ0n) is 12.3. The molecule has 110 valence electrons. The van der Waals surface area contributed by atoms with Crippen molar-refractivity contribution < 1.29 is 9.90 Å². The molecule has 0 heterocycles. The van der Waals surface area contributed by atoms with Gasteiger partial charge < -0.3 is 5.11 Å². The minimum atomic E-state index is -0.741. The number of carbonyl (C=O) groups is 1. The predicted molar refractivity (Wildman–Crippen MR) is 87.1 cm³/mol. The van der Waals surface area contributed by atoms with Crippen LogP contribution in [0.2, 0.25) is 0 Å². The molecule has 0 fully saturated rings. The molecule has 1 rings (SSSR count). The van der Waals surface area contributed by atoms with Gasteiger partial charge in [0, 0.05) is 5.75 Å². The van der Waals surface area contributed by atoms with Crippen LogP contribution in [0.5, 0.6) is 0 Å². The summed E-state index contributed by atoms with van der Waals surface area (Å²) in [5, 5.41) is 8.93. The highest BCUT2D eigenvalue weighted by molar-refractivity contribution is 8.00. The fourth-order valence-corrected chi connectivity index (χ4v) is 3.04. The van der Waals surface area contributed by atoms with Crippen molar-refractivity contribution in [2.45, 2.75) is 50.5 Å². The van der Waals surface area contributed by atoms with Crippen LogP contribution >= 0.6 is 11.8 Å². The molecular formula is C17H24O2S. The third-order valence-electron chi connectivity index (χ3n) is 3.17. The first-order valence-corrected chi connectivity index (χ1v) is 8.25. The Hall–Kier alpha value is -1.22. The summed E-state index contributed by atoms with van der Waals surface area (Å²) in [7, 11) is 0. The summed E-state index contributed by atoms with van der Waals surface area (Å²) in [5.41, 5.74) is 2.14. The number of allylic oxidation sites excluding steroid dienone is 1. The Morgan fingerprint density at radius 2 is 2.00 bits per heavy atom. The second kappa shape index (κ2) is 9.65. The summed E-state index contributed by atoms with van der Waals surface area (Å²) >= 11 is 1.49. The molecule has 20 heavy (non-hydrogen) atoms. The molecule has 0 saturated heterocycles. The lowest BCUT2D eigenvalue weighted by molar-refractivity contribution is -0.135. The zero-order chi connectivity index (χ0) is 14.8. The van der Waals surface area contributed by atoms with Crippen LogP contribution in [0.4, 0.5) is 0 Å². The van der Waals surface area contributed by atoms with Crippen LogP contribution in [0.15, 0.2) is 42.0 Å². The number of rotatable bonds is 9. The first-order chi connectivity index (χ1) is 9.65. The second-order valence-corrected chi connectivity index (χ2v) is 6.05. The Morgan fingerprint density at radius 1 is 1.30 bits per heavy atom. The van der Waals surface area contributed by atoms with E-state index in [1.807, 2.05) is 37.3 Å². The molecule has 0 aliphatic heterocycles. The van der Waals surface area contributed by atoms with Crippen molar-refractivity contribution in [2.24, 2.45) is 0 Å². The highest BCUT2D eigenvalue weighted by Crippen LogP contribution is 2.24. The summed E-state index contributed by atoms with van der Waals surface area (Å²) in [5.74, 6) is -0.00651. The molecule has 1 unspecified atom stereocenters. The lowest BCUT2D eigenvalue weighted by Crippen LogP contribution is -2.18. The van der Waals surface area contributed by atoms with Gasteiger partial charge in [0.2, 0.25) is 0 Å². The number of hydrogen-bond donors (Lipinski definition) is 1. The number of hydrogen-bond acceptors (Lipinski definition) is 2. The van der Waals surface area contributed by atoms with Crippen molar-refractivity contribution >= 4 is 17.7 Å². The molecule has 1 aromatic carbocycles. The molecule has 1 aromatic rings. The van der Waals surface area contributed by atoms with Gasteiger partial charge in [-0.2, -0.15) is 0 Å². The minimum Gasteiger partial charge on any atom is -0.480 e. The molecule has 0 bridgehead atoms. The Kier molecular flexibility index (Phi) is 8.12. The third kappa shape index (κ3) is 6.29. The van der Waals surface area contributed by atoms with Gasteiger partial charge in [-0.05, 0) is 25.3 Å². The number of carboxylic acids is 1. The van der Waals surface area contributed by atoms with Gasteiger partial charge in [0.25, 0.3) is 0 Å². The van der Waals surface area contributed by atoms with Crippen LogP contribution in [-0.2, 0) is 10.5 Å². The zero-order valence-corrected chi connectivity index (χ0v) is 13.2. The fraction of sp³-hybridized carbons (Fsp3) is 0.471. The molecule has 0 saturated carbocycles. The topological polar surface area (TPSA) is 37.3 Å². The lowest BCUT2D eigenvalue weighted by atomic mass is 10.1. The molecule has 1 atom stereocenters. The second-order valence-electron chi connectivity index (χ2n) is 4.96. The number of unbranched alkanes of at least 4 members (excludes halogenated alkanes) is 3. The quantitative estimate of drug-likeness (QED) is 0.519. The van der Waals surface area contributed by atoms with Crippen LogP contribution < -0.4 is 0 Å². The average Bonchev–Trinajstić information content (AvgIpc) is 2.44. The highest BCUT2D eigenvalue weighted by Gasteiger charge is 2.19. The number of benzene rings is 1. The first kappa shape index (κ1) is 16.8. The molecule has 0 aliphatic rings. The van der Waals surface area contributed by atoms with Crippen LogP contribution in [0, 0.1) is 0 Å². The van der Waals surface area contributed by atoms with Gasteiger partial charge in [-0.1, -0.05) is 61.7 Å². The van der Waals surface area contributed by atoms with Crippen molar-refractivity contribution in [2.75, 3.05) is 0 Å². The molecule has 2 nitrogen and oxygen atoms in total. The van der Waals surface area contributed by atoms with E-state index >= 15 is 0 Å². The van der Waals surface area contributed by atoms with Gasteiger partial charge in [0.15, 0.2) is 0 Å². The van der Waals surface area contributed by atoms with E-state index in [1.54, 1.807) is 0 Å². The SMILES string of the molecule is CCCCC/C=C(\C)C(SCc1ccccc1)C(=O)O. The molecule has 0 radical (unpaired) electrons. The molecule has 0 spiro atoms. The average molecular weight is 292 g/mol. The Balaban J connectivity index is 2.53. The van der Waals surface area contributed by atoms with E-state index in [0.717, 1.165) is 24.2 Å². The van der Waals surface area contributed by atoms with Gasteiger partial charge in [-0.15, -0.1) is 11.8 Å². The van der Waals surface area contributed by atoms with Gasteiger partial charge in [-0.3, -0.25) is 4.79 Å². The van der Waals surface area contributed by atoms with Crippen LogP contribution in [0.25, 0.3) is 0 Å². The van der Waals surface area contributed by atoms with E-state index in [9.17, 15) is 9.90 Å². The fourth-order valence-electron chi connectivity index (χ4n) is 1.98. The summed E-state index contributed by atoms with van der Waals surface area (Å²) in [6.45, 7) is 4.11. The van der Waals surface area contributed by atoms with E-state index in [1.165, 1.54) is 30.2 Å². The smallest absolute Gasteiger partial charge is 0.320 e. The Labute approximate surface area is 126 Å². The van der Waals surface area contributed by atoms with E-state index < -0.39 is 11.2 Å². The van der Waals surface area contributed by atoms with E-state index in [0.29, 0.717) is 0 Å². The molecule has 3 heteroatoms. The summed E-state index contributed by atoms with van der Waals surface area (Å²) < 4.78 is 0. The maximum Gasteiger partial charge on any atom is 0.320 e. The minimum absolute atomic E-state index is 0.433. The maximum atomic E-state index is 11.4. The molecular weight excluding hydrogens is 268 g/mol. The van der Waals surface area contributed by atoms with E-state index in [-0.39, 0.29) is 0 Å². The summed E-state index contributed by atoms with van der Waals surface area (Å²) in [6.07, 6.45) is 6.61. The Bertz CT molecular complexity index is 426. The van der Waals surface area contributed by atoms with Crippen molar-refractivity contribution in [3.05, 3.63) is 47.5 Å². The highest BCUT2D eigenvalue weighted by atomic mass is 32.2. The van der Waals surface area contributed by atoms with E-state index in [2.05, 4.69) is 13.0 Å². The third-order valence-corrected chi connectivity index (χ3v) is 4.58. The van der Waals surface area contributed by atoms with E-state index in [4.69, 9.17) is 0 Å². The lowest BCUT2D eigenvalue weighted by Gasteiger charge is -2.13. The monoisotopic (exact) mass is 292 g/mol. The largest absolute Gasteiger partial charge is 0.480 e. The van der Waals surface area contributed by atoms with Gasteiger partial charge in [-0.25, -0.2) is 0 Å². The molecule has 0 amide bonds. The maximum absolute atomic E-state index is 11.4. The van der Waals surface area contributed by atoms with Gasteiger partial charge >= 0.3 is 5.97 Å². The van der Waals surface area contributed by atoms with Crippen LogP contribution in [0.3, 0.4) is 0 Å².